The summed E-state index contributed by atoms with van der Waals surface area (Å²) in [6.07, 6.45) is 8.11. The molecular formula is C10H8BrN2O2+. The number of ether oxygens (including phenoxy) is 1. The van der Waals surface area contributed by atoms with Gasteiger partial charge in [0.2, 0.25) is 10.4 Å². The van der Waals surface area contributed by atoms with E-state index in [9.17, 15) is 4.79 Å². The second-order valence-electron chi connectivity index (χ2n) is 2.83. The molecule has 0 aliphatic carbocycles. The summed E-state index contributed by atoms with van der Waals surface area (Å²) in [6.45, 7) is 2.10. The van der Waals surface area contributed by atoms with Crippen molar-refractivity contribution in [3.8, 4) is 0 Å². The Morgan fingerprint density at radius 1 is 1.73 bits per heavy atom. The number of nitrogens with zero attached hydrogens (tertiary/aromatic N) is 2. The lowest BCUT2D eigenvalue weighted by molar-refractivity contribution is 0.0519. The first kappa shape index (κ1) is 10.1. The first-order valence-electron chi connectivity index (χ1n) is 4.44. The highest BCUT2D eigenvalue weighted by Crippen LogP contribution is 2.21. The lowest BCUT2D eigenvalue weighted by Crippen LogP contribution is -2.07. The second-order valence-corrected chi connectivity index (χ2v) is 3.54. The Hall–Kier alpha value is -1.45. The predicted octanol–water partition coefficient (Wildman–Crippen LogP) is 2.12. The Labute approximate surface area is 95.4 Å². The van der Waals surface area contributed by atoms with Gasteiger partial charge in [0, 0.05) is 6.08 Å². The lowest BCUT2D eigenvalue weighted by Gasteiger charge is -1.97. The average molecular weight is 268 g/mol. The first-order valence-corrected chi connectivity index (χ1v) is 5.24. The summed E-state index contributed by atoms with van der Waals surface area (Å²) in [5.41, 5.74) is 0.989. The van der Waals surface area contributed by atoms with Crippen molar-refractivity contribution in [1.29, 1.82) is 0 Å². The third-order valence-electron chi connectivity index (χ3n) is 1.91. The van der Waals surface area contributed by atoms with Gasteiger partial charge in [-0.25, -0.2) is 4.79 Å². The third kappa shape index (κ3) is 1.71. The number of imidazole rings is 1. The molecule has 15 heavy (non-hydrogen) atoms. The number of allylic oxidation sites excluding steroid dienone is 2. The molecule has 0 unspecified atom stereocenters. The van der Waals surface area contributed by atoms with E-state index in [4.69, 9.17) is 4.74 Å². The Balaban J connectivity index is 2.46. The number of carbonyl (C=O) groups is 1. The van der Waals surface area contributed by atoms with Crippen molar-refractivity contribution in [3.05, 3.63) is 28.3 Å². The molecule has 0 N–H and O–H groups in total. The first-order chi connectivity index (χ1) is 7.24. The van der Waals surface area contributed by atoms with Gasteiger partial charge in [0.05, 0.1) is 6.61 Å². The Bertz CT molecular complexity index is 460. The minimum Gasteiger partial charge on any atom is -0.460 e. The molecule has 1 aromatic heterocycles. The SMILES string of the molecule is CCOC(=O)c1nc(Br)n2c1C=[C+]C=C2. The van der Waals surface area contributed by atoms with Crippen LogP contribution in [0.2, 0.25) is 0 Å². The van der Waals surface area contributed by atoms with Crippen LogP contribution in [0.5, 0.6) is 0 Å². The van der Waals surface area contributed by atoms with Gasteiger partial charge in [-0.1, -0.05) is 0 Å². The van der Waals surface area contributed by atoms with Crippen LogP contribution in [-0.4, -0.2) is 22.1 Å². The molecular weight excluding hydrogens is 260 g/mol. The minimum atomic E-state index is -0.416. The highest BCUT2D eigenvalue weighted by molar-refractivity contribution is 9.10. The fourth-order valence-electron chi connectivity index (χ4n) is 1.29. The molecule has 0 aromatic carbocycles. The van der Waals surface area contributed by atoms with E-state index in [0.29, 0.717) is 22.7 Å². The van der Waals surface area contributed by atoms with Crippen molar-refractivity contribution >= 4 is 34.2 Å². The summed E-state index contributed by atoms with van der Waals surface area (Å²) in [4.78, 5) is 15.6. The maximum Gasteiger partial charge on any atom is 0.373 e. The topological polar surface area (TPSA) is 44.1 Å². The largest absolute Gasteiger partial charge is 0.460 e. The normalized spacial score (nSPS) is 12.1. The maximum absolute atomic E-state index is 11.5. The quantitative estimate of drug-likeness (QED) is 0.609. The summed E-state index contributed by atoms with van der Waals surface area (Å²) in [7, 11) is 0. The van der Waals surface area contributed by atoms with Crippen molar-refractivity contribution in [2.45, 2.75) is 6.92 Å². The van der Waals surface area contributed by atoms with Crippen molar-refractivity contribution in [3.63, 3.8) is 0 Å². The lowest BCUT2D eigenvalue weighted by atomic mass is 10.2. The zero-order valence-electron chi connectivity index (χ0n) is 8.03. The Kier molecular flexibility index (Phi) is 2.66. The zero-order chi connectivity index (χ0) is 10.8. The highest BCUT2D eigenvalue weighted by atomic mass is 79.9. The number of hydrogen-bond donors (Lipinski definition) is 0. The minimum absolute atomic E-state index is 0.306. The molecule has 2 rings (SSSR count). The highest BCUT2D eigenvalue weighted by Gasteiger charge is 2.26. The van der Waals surface area contributed by atoms with E-state index in [-0.39, 0.29) is 0 Å². The van der Waals surface area contributed by atoms with Crippen molar-refractivity contribution < 1.29 is 9.53 Å². The van der Waals surface area contributed by atoms with E-state index in [1.165, 1.54) is 0 Å². The summed E-state index contributed by atoms with van der Waals surface area (Å²) in [6, 6.07) is 0. The smallest absolute Gasteiger partial charge is 0.373 e. The van der Waals surface area contributed by atoms with Gasteiger partial charge in [-0.2, -0.15) is 9.55 Å². The van der Waals surface area contributed by atoms with Crippen LogP contribution in [0.1, 0.15) is 23.1 Å². The molecule has 0 fully saturated rings. The van der Waals surface area contributed by atoms with Crippen LogP contribution in [-0.2, 0) is 4.74 Å². The predicted molar refractivity (Wildman–Crippen MR) is 58.9 cm³/mol. The van der Waals surface area contributed by atoms with Gasteiger partial charge < -0.3 is 4.74 Å². The Morgan fingerprint density at radius 3 is 3.27 bits per heavy atom. The summed E-state index contributed by atoms with van der Waals surface area (Å²) < 4.78 is 7.23. The molecule has 5 heteroatoms. The molecule has 1 aromatic rings. The van der Waals surface area contributed by atoms with Crippen molar-refractivity contribution in [2.24, 2.45) is 0 Å². The van der Waals surface area contributed by atoms with Gasteiger partial charge in [0.25, 0.3) is 0 Å². The molecule has 0 spiro atoms. The fourth-order valence-corrected chi connectivity index (χ4v) is 1.78. The van der Waals surface area contributed by atoms with Gasteiger partial charge in [0.1, 0.15) is 18.4 Å². The molecule has 76 valence electrons. The second kappa shape index (κ2) is 3.96. The summed E-state index contributed by atoms with van der Waals surface area (Å²) in [5.74, 6) is -0.416. The maximum atomic E-state index is 11.5. The molecule has 0 saturated carbocycles. The van der Waals surface area contributed by atoms with Crippen molar-refractivity contribution in [2.75, 3.05) is 6.61 Å². The molecule has 1 aliphatic heterocycles. The van der Waals surface area contributed by atoms with E-state index in [1.807, 2.05) is 0 Å². The van der Waals surface area contributed by atoms with Crippen LogP contribution in [0.4, 0.5) is 0 Å². The van der Waals surface area contributed by atoms with Gasteiger partial charge in [-0.05, 0) is 22.9 Å². The fraction of sp³-hybridized carbons (Fsp3) is 0.200. The average Bonchev–Trinajstić information content (AvgIpc) is 2.58. The molecule has 0 atom stereocenters. The molecule has 2 heterocycles. The molecule has 1 aliphatic rings. The van der Waals surface area contributed by atoms with Crippen LogP contribution in [0.15, 0.2) is 10.8 Å². The number of fused-ring (bicyclic) bond motifs is 1. The monoisotopic (exact) mass is 267 g/mol. The van der Waals surface area contributed by atoms with Gasteiger partial charge in [0.15, 0.2) is 5.69 Å². The van der Waals surface area contributed by atoms with Crippen LogP contribution in [0.25, 0.3) is 12.3 Å². The third-order valence-corrected chi connectivity index (χ3v) is 2.47. The zero-order valence-corrected chi connectivity index (χ0v) is 9.61. The van der Waals surface area contributed by atoms with Gasteiger partial charge >= 0.3 is 5.97 Å². The van der Waals surface area contributed by atoms with Crippen LogP contribution in [0, 0.1) is 6.08 Å². The van der Waals surface area contributed by atoms with Crippen molar-refractivity contribution in [1.82, 2.24) is 9.55 Å². The summed E-state index contributed by atoms with van der Waals surface area (Å²) in [5, 5.41) is 0. The van der Waals surface area contributed by atoms with E-state index < -0.39 is 5.97 Å². The number of hydrogen-bond acceptors (Lipinski definition) is 3. The van der Waals surface area contributed by atoms with Gasteiger partial charge in [-0.15, -0.1) is 0 Å². The van der Waals surface area contributed by atoms with E-state index in [2.05, 4.69) is 27.0 Å². The van der Waals surface area contributed by atoms with E-state index >= 15 is 0 Å². The molecule has 0 saturated heterocycles. The Morgan fingerprint density at radius 2 is 2.53 bits per heavy atom. The number of halogens is 1. The van der Waals surface area contributed by atoms with Crippen LogP contribution >= 0.6 is 15.9 Å². The molecule has 0 radical (unpaired) electrons. The molecule has 0 amide bonds. The standard InChI is InChI=1S/C10H8BrN2O2/c1-2-15-9(14)8-7-5-3-4-6-13(7)10(11)12-8/h4-6H,2H2,1H3/q+1. The van der Waals surface area contributed by atoms with Gasteiger partial charge in [-0.3, -0.25) is 0 Å². The van der Waals surface area contributed by atoms with Crippen LogP contribution < -0.4 is 0 Å². The number of esters is 1. The molecule has 0 bridgehead atoms. The summed E-state index contributed by atoms with van der Waals surface area (Å²) >= 11 is 3.27. The number of rotatable bonds is 2. The van der Waals surface area contributed by atoms with Crippen LogP contribution in [0.3, 0.4) is 0 Å². The number of aromatic nitrogens is 2. The van der Waals surface area contributed by atoms with E-state index in [1.54, 1.807) is 29.8 Å². The van der Waals surface area contributed by atoms with E-state index in [0.717, 1.165) is 0 Å². The number of carbonyl (C=O) groups excluding carboxylic acids is 1. The molecule has 4 nitrogen and oxygen atoms in total.